The Labute approximate surface area is 91.3 Å². The van der Waals surface area contributed by atoms with Gasteiger partial charge in [-0.05, 0) is 24.6 Å². The first-order chi connectivity index (χ1) is 6.24. The second-order valence-electron chi connectivity index (χ2n) is 2.49. The zero-order chi connectivity index (χ0) is 9.68. The number of hydrogen-bond acceptors (Lipinski definition) is 2. The molecule has 1 N–H and O–H groups in total. The van der Waals surface area contributed by atoms with Crippen LogP contribution in [0.25, 0.3) is 0 Å². The second-order valence-corrected chi connectivity index (χ2v) is 3.81. The molecule has 0 saturated heterocycles. The van der Waals surface area contributed by atoms with Gasteiger partial charge < -0.3 is 4.84 Å². The second kappa shape index (κ2) is 5.60. The van der Waals surface area contributed by atoms with Crippen molar-refractivity contribution < 1.29 is 4.84 Å². The van der Waals surface area contributed by atoms with Gasteiger partial charge in [0.1, 0.15) is 0 Å². The number of nitrogens with one attached hydrogen (secondary N) is 1. The van der Waals surface area contributed by atoms with E-state index in [1.807, 2.05) is 25.1 Å². The van der Waals surface area contributed by atoms with Gasteiger partial charge in [0.05, 0.1) is 6.61 Å². The summed E-state index contributed by atoms with van der Waals surface area (Å²) in [7, 11) is 0. The van der Waals surface area contributed by atoms with E-state index in [1.54, 1.807) is 0 Å². The van der Waals surface area contributed by atoms with Gasteiger partial charge in [-0.2, -0.15) is 5.48 Å². The largest absolute Gasteiger partial charge is 0.302 e. The minimum Gasteiger partial charge on any atom is -0.302 e. The minimum atomic E-state index is 0.625. The summed E-state index contributed by atoms with van der Waals surface area (Å²) >= 11 is 9.32. The van der Waals surface area contributed by atoms with Crippen molar-refractivity contribution in [3.8, 4) is 0 Å². The summed E-state index contributed by atoms with van der Waals surface area (Å²) in [6.45, 7) is 3.20. The van der Waals surface area contributed by atoms with E-state index < -0.39 is 0 Å². The van der Waals surface area contributed by atoms with Crippen molar-refractivity contribution in [1.82, 2.24) is 5.48 Å². The van der Waals surface area contributed by atoms with Crippen molar-refractivity contribution in [3.63, 3.8) is 0 Å². The molecule has 72 valence electrons. The van der Waals surface area contributed by atoms with E-state index in [-0.39, 0.29) is 0 Å². The van der Waals surface area contributed by atoms with E-state index in [0.29, 0.717) is 13.2 Å². The van der Waals surface area contributed by atoms with Gasteiger partial charge in [-0.3, -0.25) is 0 Å². The van der Waals surface area contributed by atoms with Crippen LogP contribution in [-0.4, -0.2) is 6.61 Å². The van der Waals surface area contributed by atoms with E-state index in [9.17, 15) is 0 Å². The monoisotopic (exact) mass is 263 g/mol. The lowest BCUT2D eigenvalue weighted by atomic mass is 10.2. The van der Waals surface area contributed by atoms with Gasteiger partial charge in [-0.15, -0.1) is 0 Å². The number of benzene rings is 1. The first kappa shape index (κ1) is 11.0. The maximum Gasteiger partial charge on any atom is 0.0654 e. The molecule has 0 aromatic heterocycles. The standard InChI is InChI=1S/C9H11BrClNO/c1-2-13-12-6-7-3-4-8(10)5-9(7)11/h3-5,12H,2,6H2,1H3. The van der Waals surface area contributed by atoms with Gasteiger partial charge in [0.2, 0.25) is 0 Å². The predicted molar refractivity (Wildman–Crippen MR) is 57.6 cm³/mol. The van der Waals surface area contributed by atoms with E-state index in [0.717, 1.165) is 15.1 Å². The Balaban J connectivity index is 2.56. The van der Waals surface area contributed by atoms with Crippen LogP contribution >= 0.6 is 27.5 Å². The molecule has 0 amide bonds. The SMILES string of the molecule is CCONCc1ccc(Br)cc1Cl. The molecule has 0 aliphatic heterocycles. The average molecular weight is 265 g/mol. The average Bonchev–Trinajstić information content (AvgIpc) is 2.09. The maximum absolute atomic E-state index is 5.98. The molecule has 4 heteroatoms. The molecule has 0 unspecified atom stereocenters. The maximum atomic E-state index is 5.98. The van der Waals surface area contributed by atoms with E-state index in [2.05, 4.69) is 21.4 Å². The molecule has 0 spiro atoms. The zero-order valence-electron chi connectivity index (χ0n) is 7.31. The van der Waals surface area contributed by atoms with Crippen molar-refractivity contribution >= 4 is 27.5 Å². The molecule has 0 aliphatic rings. The summed E-state index contributed by atoms with van der Waals surface area (Å²) in [5.74, 6) is 0. The number of rotatable bonds is 4. The molecule has 0 atom stereocenters. The van der Waals surface area contributed by atoms with E-state index in [4.69, 9.17) is 16.4 Å². The van der Waals surface area contributed by atoms with Crippen molar-refractivity contribution in [2.24, 2.45) is 0 Å². The molecule has 0 bridgehead atoms. The highest BCUT2D eigenvalue weighted by Crippen LogP contribution is 2.20. The van der Waals surface area contributed by atoms with Crippen LogP contribution in [-0.2, 0) is 11.4 Å². The smallest absolute Gasteiger partial charge is 0.0654 e. The van der Waals surface area contributed by atoms with Gasteiger partial charge in [0, 0.05) is 16.0 Å². The van der Waals surface area contributed by atoms with Crippen LogP contribution in [0, 0.1) is 0 Å². The Hall–Kier alpha value is -0.0900. The summed E-state index contributed by atoms with van der Waals surface area (Å²) in [6.07, 6.45) is 0. The molecule has 13 heavy (non-hydrogen) atoms. The minimum absolute atomic E-state index is 0.625. The van der Waals surface area contributed by atoms with Gasteiger partial charge >= 0.3 is 0 Å². The van der Waals surface area contributed by atoms with Gasteiger partial charge in [-0.25, -0.2) is 0 Å². The highest BCUT2D eigenvalue weighted by Gasteiger charge is 1.99. The van der Waals surface area contributed by atoms with E-state index in [1.165, 1.54) is 0 Å². The van der Waals surface area contributed by atoms with Crippen molar-refractivity contribution in [1.29, 1.82) is 0 Å². The lowest BCUT2D eigenvalue weighted by Gasteiger charge is -2.05. The Morgan fingerprint density at radius 3 is 2.92 bits per heavy atom. The molecule has 2 nitrogen and oxygen atoms in total. The molecule has 1 aromatic rings. The van der Waals surface area contributed by atoms with Crippen molar-refractivity contribution in [2.45, 2.75) is 13.5 Å². The molecule has 0 heterocycles. The number of halogens is 2. The third kappa shape index (κ3) is 3.65. The lowest BCUT2D eigenvalue weighted by molar-refractivity contribution is 0.0463. The predicted octanol–water partition coefficient (Wildman–Crippen LogP) is 3.14. The van der Waals surface area contributed by atoms with Gasteiger partial charge in [0.15, 0.2) is 0 Å². The number of hydrogen-bond donors (Lipinski definition) is 1. The Morgan fingerprint density at radius 2 is 2.31 bits per heavy atom. The van der Waals surface area contributed by atoms with Crippen LogP contribution in [0.1, 0.15) is 12.5 Å². The third-order valence-corrected chi connectivity index (χ3v) is 2.37. The normalized spacial score (nSPS) is 10.4. The molecular weight excluding hydrogens is 253 g/mol. The molecule has 1 rings (SSSR count). The quantitative estimate of drug-likeness (QED) is 0.666. The Kier molecular flexibility index (Phi) is 4.73. The highest BCUT2D eigenvalue weighted by molar-refractivity contribution is 9.10. The molecule has 1 aromatic carbocycles. The van der Waals surface area contributed by atoms with Crippen LogP contribution in [0.2, 0.25) is 5.02 Å². The summed E-state index contributed by atoms with van der Waals surface area (Å²) in [5.41, 5.74) is 3.84. The van der Waals surface area contributed by atoms with Crippen LogP contribution in [0.15, 0.2) is 22.7 Å². The summed E-state index contributed by atoms with van der Waals surface area (Å²) < 4.78 is 0.984. The first-order valence-corrected chi connectivity index (χ1v) is 5.19. The fourth-order valence-electron chi connectivity index (χ4n) is 0.896. The fraction of sp³-hybridized carbons (Fsp3) is 0.333. The number of hydroxylamine groups is 1. The van der Waals surface area contributed by atoms with Crippen molar-refractivity contribution in [3.05, 3.63) is 33.3 Å². The zero-order valence-corrected chi connectivity index (χ0v) is 9.65. The topological polar surface area (TPSA) is 21.3 Å². The van der Waals surface area contributed by atoms with Crippen LogP contribution in [0.4, 0.5) is 0 Å². The molecular formula is C9H11BrClNO. The van der Waals surface area contributed by atoms with Gasteiger partial charge in [-0.1, -0.05) is 33.6 Å². The highest BCUT2D eigenvalue weighted by atomic mass is 79.9. The van der Waals surface area contributed by atoms with E-state index >= 15 is 0 Å². The first-order valence-electron chi connectivity index (χ1n) is 4.02. The molecule has 0 aliphatic carbocycles. The molecule has 0 fully saturated rings. The third-order valence-electron chi connectivity index (χ3n) is 1.52. The van der Waals surface area contributed by atoms with Gasteiger partial charge in [0.25, 0.3) is 0 Å². The summed E-state index contributed by atoms with van der Waals surface area (Å²) in [6, 6.07) is 5.78. The van der Waals surface area contributed by atoms with Crippen LogP contribution < -0.4 is 5.48 Å². The molecule has 0 radical (unpaired) electrons. The Bertz CT molecular complexity index is 280. The summed E-state index contributed by atoms with van der Waals surface area (Å²) in [5, 5.41) is 0.738. The van der Waals surface area contributed by atoms with Crippen LogP contribution in [0.3, 0.4) is 0 Å². The van der Waals surface area contributed by atoms with Crippen molar-refractivity contribution in [2.75, 3.05) is 6.61 Å². The molecule has 0 saturated carbocycles. The summed E-state index contributed by atoms with van der Waals surface area (Å²) in [4.78, 5) is 5.00. The van der Waals surface area contributed by atoms with Crippen LogP contribution in [0.5, 0.6) is 0 Å². The Morgan fingerprint density at radius 1 is 1.54 bits per heavy atom. The fourth-order valence-corrected chi connectivity index (χ4v) is 1.64. The lowest BCUT2D eigenvalue weighted by Crippen LogP contribution is -2.13.